The van der Waals surface area contributed by atoms with Gasteiger partial charge in [-0.3, -0.25) is 4.99 Å². The number of rotatable bonds is 5. The van der Waals surface area contributed by atoms with Gasteiger partial charge in [0.2, 0.25) is 0 Å². The van der Waals surface area contributed by atoms with Gasteiger partial charge in [0, 0.05) is 45.3 Å². The van der Waals surface area contributed by atoms with Gasteiger partial charge in [0.15, 0.2) is 5.96 Å². The van der Waals surface area contributed by atoms with Crippen molar-refractivity contribution in [2.75, 3.05) is 46.4 Å². The van der Waals surface area contributed by atoms with Crippen LogP contribution in [0.3, 0.4) is 0 Å². The first-order chi connectivity index (χ1) is 12.5. The number of nitrogens with zero attached hydrogens (tertiary/aromatic N) is 3. The SMILES string of the molecule is CCOC(=O)N1CCC(NC(=NC)NCC2CCCN(C(C)C)C2)CC1. The number of hydrogen-bond acceptors (Lipinski definition) is 4. The molecule has 0 spiro atoms. The van der Waals surface area contributed by atoms with E-state index in [4.69, 9.17) is 4.74 Å². The average molecular weight is 368 g/mol. The molecule has 0 bridgehead atoms. The molecule has 2 heterocycles. The van der Waals surface area contributed by atoms with E-state index >= 15 is 0 Å². The van der Waals surface area contributed by atoms with Gasteiger partial charge in [-0.25, -0.2) is 4.79 Å². The zero-order valence-electron chi connectivity index (χ0n) is 17.0. The topological polar surface area (TPSA) is 69.2 Å². The lowest BCUT2D eigenvalue weighted by Crippen LogP contribution is -2.51. The molecule has 2 rings (SSSR count). The number of aliphatic imine (C=N–C) groups is 1. The second-order valence-electron chi connectivity index (χ2n) is 7.65. The van der Waals surface area contributed by atoms with E-state index in [0.29, 0.717) is 24.6 Å². The van der Waals surface area contributed by atoms with E-state index in [1.165, 1.54) is 25.9 Å². The van der Waals surface area contributed by atoms with Crippen LogP contribution in [0.1, 0.15) is 46.5 Å². The van der Waals surface area contributed by atoms with E-state index < -0.39 is 0 Å². The summed E-state index contributed by atoms with van der Waals surface area (Å²) in [7, 11) is 1.82. The van der Waals surface area contributed by atoms with Crippen molar-refractivity contribution in [1.82, 2.24) is 20.4 Å². The van der Waals surface area contributed by atoms with Gasteiger partial charge in [-0.05, 0) is 58.9 Å². The van der Waals surface area contributed by atoms with Crippen molar-refractivity contribution in [3.63, 3.8) is 0 Å². The summed E-state index contributed by atoms with van der Waals surface area (Å²) in [6.45, 7) is 11.7. The second kappa shape index (κ2) is 10.6. The Kier molecular flexibility index (Phi) is 8.48. The van der Waals surface area contributed by atoms with Crippen molar-refractivity contribution in [3.05, 3.63) is 0 Å². The number of amides is 1. The van der Waals surface area contributed by atoms with Crippen LogP contribution >= 0.6 is 0 Å². The van der Waals surface area contributed by atoms with Gasteiger partial charge in [-0.2, -0.15) is 0 Å². The summed E-state index contributed by atoms with van der Waals surface area (Å²) in [4.78, 5) is 20.5. The maximum Gasteiger partial charge on any atom is 0.409 e. The highest BCUT2D eigenvalue weighted by atomic mass is 16.6. The van der Waals surface area contributed by atoms with Crippen LogP contribution in [0.4, 0.5) is 4.79 Å². The number of nitrogens with one attached hydrogen (secondary N) is 2. The molecule has 1 amide bonds. The summed E-state index contributed by atoms with van der Waals surface area (Å²) >= 11 is 0. The van der Waals surface area contributed by atoms with Gasteiger partial charge in [0.25, 0.3) is 0 Å². The predicted molar refractivity (Wildman–Crippen MR) is 106 cm³/mol. The Morgan fingerprint density at radius 3 is 2.58 bits per heavy atom. The van der Waals surface area contributed by atoms with Gasteiger partial charge < -0.3 is 25.2 Å². The molecule has 0 radical (unpaired) electrons. The molecule has 0 aromatic heterocycles. The van der Waals surface area contributed by atoms with Crippen molar-refractivity contribution in [3.8, 4) is 0 Å². The fourth-order valence-corrected chi connectivity index (χ4v) is 3.78. The highest BCUT2D eigenvalue weighted by molar-refractivity contribution is 5.80. The third-order valence-corrected chi connectivity index (χ3v) is 5.42. The Morgan fingerprint density at radius 1 is 1.23 bits per heavy atom. The Hall–Kier alpha value is -1.50. The van der Waals surface area contributed by atoms with Crippen LogP contribution in [0.25, 0.3) is 0 Å². The highest BCUT2D eigenvalue weighted by Crippen LogP contribution is 2.17. The molecule has 0 saturated carbocycles. The third kappa shape index (κ3) is 6.34. The first kappa shape index (κ1) is 20.8. The summed E-state index contributed by atoms with van der Waals surface area (Å²) < 4.78 is 5.08. The van der Waals surface area contributed by atoms with E-state index in [-0.39, 0.29) is 6.09 Å². The maximum atomic E-state index is 11.8. The largest absolute Gasteiger partial charge is 0.450 e. The zero-order chi connectivity index (χ0) is 18.9. The number of hydrogen-bond donors (Lipinski definition) is 2. The van der Waals surface area contributed by atoms with Gasteiger partial charge in [-0.15, -0.1) is 0 Å². The quantitative estimate of drug-likeness (QED) is 0.574. The lowest BCUT2D eigenvalue weighted by atomic mass is 9.97. The summed E-state index contributed by atoms with van der Waals surface area (Å²) in [6, 6.07) is 0.977. The maximum absolute atomic E-state index is 11.8. The zero-order valence-corrected chi connectivity index (χ0v) is 17.0. The predicted octanol–water partition coefficient (Wildman–Crippen LogP) is 1.89. The van der Waals surface area contributed by atoms with Gasteiger partial charge in [0.1, 0.15) is 0 Å². The molecule has 7 nitrogen and oxygen atoms in total. The molecule has 26 heavy (non-hydrogen) atoms. The monoisotopic (exact) mass is 367 g/mol. The molecule has 0 aromatic rings. The van der Waals surface area contributed by atoms with Crippen LogP contribution in [0.5, 0.6) is 0 Å². The minimum absolute atomic E-state index is 0.194. The molecular formula is C19H37N5O2. The van der Waals surface area contributed by atoms with Crippen LogP contribution in [0.2, 0.25) is 0 Å². The molecule has 2 N–H and O–H groups in total. The Bertz CT molecular complexity index is 461. The fourth-order valence-electron chi connectivity index (χ4n) is 3.78. The number of likely N-dealkylation sites (tertiary alicyclic amines) is 2. The summed E-state index contributed by atoms with van der Waals surface area (Å²) in [5, 5.41) is 7.02. The van der Waals surface area contributed by atoms with E-state index in [1.54, 1.807) is 4.90 Å². The number of carbonyl (C=O) groups excluding carboxylic acids is 1. The third-order valence-electron chi connectivity index (χ3n) is 5.42. The number of carbonyl (C=O) groups is 1. The van der Waals surface area contributed by atoms with Crippen molar-refractivity contribution in [2.24, 2.45) is 10.9 Å². The van der Waals surface area contributed by atoms with Gasteiger partial charge in [0.05, 0.1) is 6.61 Å². The van der Waals surface area contributed by atoms with E-state index in [2.05, 4.69) is 34.4 Å². The molecule has 2 saturated heterocycles. The molecule has 2 fully saturated rings. The molecular weight excluding hydrogens is 330 g/mol. The van der Waals surface area contributed by atoms with Crippen LogP contribution < -0.4 is 10.6 Å². The van der Waals surface area contributed by atoms with Crippen molar-refractivity contribution in [1.29, 1.82) is 0 Å². The van der Waals surface area contributed by atoms with Gasteiger partial charge >= 0.3 is 6.09 Å². The minimum Gasteiger partial charge on any atom is -0.450 e. The molecule has 7 heteroatoms. The number of guanidine groups is 1. The van der Waals surface area contributed by atoms with Crippen molar-refractivity contribution >= 4 is 12.1 Å². The van der Waals surface area contributed by atoms with E-state index in [9.17, 15) is 4.79 Å². The number of ether oxygens (including phenoxy) is 1. The summed E-state index contributed by atoms with van der Waals surface area (Å²) in [5.41, 5.74) is 0. The molecule has 2 aliphatic rings. The Balaban J connectivity index is 1.71. The summed E-state index contributed by atoms with van der Waals surface area (Å²) in [5.74, 6) is 1.55. The van der Waals surface area contributed by atoms with Crippen LogP contribution in [-0.2, 0) is 4.74 Å². The minimum atomic E-state index is -0.194. The van der Waals surface area contributed by atoms with Crippen LogP contribution in [0, 0.1) is 5.92 Å². The normalized spacial score (nSPS) is 23.2. The number of piperidine rings is 2. The lowest BCUT2D eigenvalue weighted by Gasteiger charge is -2.36. The standard InChI is InChI=1S/C19H37N5O2/c1-5-26-19(25)23-11-8-17(9-12-23)22-18(20-4)21-13-16-7-6-10-24(14-16)15(2)3/h15-17H,5-14H2,1-4H3,(H2,20,21,22). The first-order valence-electron chi connectivity index (χ1n) is 10.2. The smallest absolute Gasteiger partial charge is 0.409 e. The van der Waals surface area contributed by atoms with Gasteiger partial charge in [-0.1, -0.05) is 0 Å². The lowest BCUT2D eigenvalue weighted by molar-refractivity contribution is 0.0963. The van der Waals surface area contributed by atoms with Crippen LogP contribution in [-0.4, -0.2) is 80.3 Å². The average Bonchev–Trinajstić information content (AvgIpc) is 2.66. The first-order valence-corrected chi connectivity index (χ1v) is 10.2. The molecule has 0 aromatic carbocycles. The second-order valence-corrected chi connectivity index (χ2v) is 7.65. The Labute approximate surface area is 158 Å². The van der Waals surface area contributed by atoms with E-state index in [0.717, 1.165) is 38.4 Å². The fraction of sp³-hybridized carbons (Fsp3) is 0.895. The molecule has 0 aliphatic carbocycles. The van der Waals surface area contributed by atoms with Crippen molar-refractivity contribution < 1.29 is 9.53 Å². The Morgan fingerprint density at radius 2 is 1.96 bits per heavy atom. The highest BCUT2D eigenvalue weighted by Gasteiger charge is 2.25. The summed E-state index contributed by atoms with van der Waals surface area (Å²) in [6.07, 6.45) is 4.21. The molecule has 150 valence electrons. The van der Waals surface area contributed by atoms with E-state index in [1.807, 2.05) is 14.0 Å². The molecule has 1 atom stereocenters. The van der Waals surface area contributed by atoms with Crippen LogP contribution in [0.15, 0.2) is 4.99 Å². The van der Waals surface area contributed by atoms with Crippen molar-refractivity contribution in [2.45, 2.75) is 58.5 Å². The molecule has 1 unspecified atom stereocenters. The molecule has 2 aliphatic heterocycles.